The van der Waals surface area contributed by atoms with Gasteiger partial charge in [-0.05, 0) is 38.1 Å². The van der Waals surface area contributed by atoms with Crippen LogP contribution in [-0.4, -0.2) is 69.6 Å². The fourth-order valence-electron chi connectivity index (χ4n) is 3.34. The van der Waals surface area contributed by atoms with Crippen LogP contribution in [0.25, 0.3) is 17.1 Å². The van der Waals surface area contributed by atoms with Crippen LogP contribution in [0.4, 0.5) is 11.5 Å². The van der Waals surface area contributed by atoms with Crippen molar-refractivity contribution in [2.45, 2.75) is 13.8 Å². The summed E-state index contributed by atoms with van der Waals surface area (Å²) in [5.41, 5.74) is 9.28. The van der Waals surface area contributed by atoms with E-state index < -0.39 is 10.0 Å². The lowest BCUT2D eigenvalue weighted by Gasteiger charge is -2.34. The van der Waals surface area contributed by atoms with Crippen molar-refractivity contribution in [3.63, 3.8) is 0 Å². The summed E-state index contributed by atoms with van der Waals surface area (Å²) in [6, 6.07) is 7.35. The number of nitrogens with zero attached hydrogens (tertiary/aromatic N) is 7. The molecule has 1 fully saturated rings. The van der Waals surface area contributed by atoms with Crippen LogP contribution < -0.4 is 10.6 Å². The molecular weight excluding hydrogens is 404 g/mol. The Morgan fingerprint density at radius 3 is 2.50 bits per heavy atom. The van der Waals surface area contributed by atoms with Crippen molar-refractivity contribution < 1.29 is 11.3 Å². The Bertz CT molecular complexity index is 1150. The van der Waals surface area contributed by atoms with E-state index in [0.717, 1.165) is 11.4 Å². The van der Waals surface area contributed by atoms with Gasteiger partial charge in [-0.3, -0.25) is 4.98 Å². The standard InChI is InChI=1S/C19H24N8O2S.2H2/c1-3-30(28,29)26-10-8-25(9-11-26)18-12-21-14(2)19(22-18)17-13-27(24-23-17)16-6-4-15(20)5-7-16;;/h4-7,12-13H,3,8-11,20H2,1-2H3;2*1H. The molecule has 162 valence electrons. The first-order valence-electron chi connectivity index (χ1n) is 9.72. The minimum atomic E-state index is -3.17. The molecule has 0 atom stereocenters. The van der Waals surface area contributed by atoms with Crippen LogP contribution in [-0.2, 0) is 10.0 Å². The Labute approximate surface area is 178 Å². The Balaban J connectivity index is 0.00000181. The summed E-state index contributed by atoms with van der Waals surface area (Å²) in [6.45, 7) is 5.54. The van der Waals surface area contributed by atoms with Crippen LogP contribution in [0, 0.1) is 6.92 Å². The predicted molar refractivity (Wildman–Crippen MR) is 119 cm³/mol. The second kappa shape index (κ2) is 8.00. The summed E-state index contributed by atoms with van der Waals surface area (Å²) in [5.74, 6) is 0.816. The minimum Gasteiger partial charge on any atom is -0.399 e. The van der Waals surface area contributed by atoms with Gasteiger partial charge in [-0.25, -0.2) is 18.1 Å². The van der Waals surface area contributed by atoms with E-state index >= 15 is 0 Å². The molecule has 2 aromatic heterocycles. The number of hydrogen-bond acceptors (Lipinski definition) is 8. The van der Waals surface area contributed by atoms with E-state index in [1.165, 1.54) is 4.31 Å². The number of anilines is 2. The molecule has 0 unspecified atom stereocenters. The number of nitrogen functional groups attached to an aromatic ring is 1. The molecule has 4 rings (SSSR count). The molecule has 0 spiro atoms. The molecule has 1 saturated heterocycles. The van der Waals surface area contributed by atoms with E-state index in [1.807, 2.05) is 24.0 Å². The number of aromatic nitrogens is 5. The first-order chi connectivity index (χ1) is 14.4. The molecule has 0 radical (unpaired) electrons. The van der Waals surface area contributed by atoms with Gasteiger partial charge in [-0.15, -0.1) is 5.10 Å². The van der Waals surface area contributed by atoms with Crippen LogP contribution >= 0.6 is 0 Å². The van der Waals surface area contributed by atoms with Gasteiger partial charge in [0.15, 0.2) is 0 Å². The van der Waals surface area contributed by atoms with Crippen molar-refractivity contribution in [2.24, 2.45) is 0 Å². The summed E-state index contributed by atoms with van der Waals surface area (Å²) in [4.78, 5) is 11.3. The molecule has 0 amide bonds. The normalized spacial score (nSPS) is 15.5. The molecule has 1 aliphatic heterocycles. The molecule has 1 aliphatic rings. The number of nitrogens with two attached hydrogens (primary N) is 1. The first-order valence-corrected chi connectivity index (χ1v) is 11.3. The van der Waals surface area contributed by atoms with Crippen LogP contribution in [0.15, 0.2) is 36.7 Å². The maximum Gasteiger partial charge on any atom is 0.213 e. The van der Waals surface area contributed by atoms with E-state index in [2.05, 4.69) is 15.3 Å². The number of benzene rings is 1. The van der Waals surface area contributed by atoms with Gasteiger partial charge in [0.05, 0.1) is 29.5 Å². The fraction of sp³-hybridized carbons (Fsp3) is 0.368. The molecule has 3 aromatic rings. The molecule has 30 heavy (non-hydrogen) atoms. The molecule has 0 bridgehead atoms. The zero-order valence-corrected chi connectivity index (χ0v) is 17.7. The van der Waals surface area contributed by atoms with Gasteiger partial charge in [0.25, 0.3) is 0 Å². The summed E-state index contributed by atoms with van der Waals surface area (Å²) >= 11 is 0. The molecule has 11 heteroatoms. The van der Waals surface area contributed by atoms with E-state index in [1.54, 1.807) is 36.1 Å². The average molecular weight is 433 g/mol. The third-order valence-electron chi connectivity index (χ3n) is 5.16. The quantitative estimate of drug-likeness (QED) is 0.603. The topological polar surface area (TPSA) is 123 Å². The maximum atomic E-state index is 12.1. The molecular formula is C19H28N8O2S. The molecule has 3 heterocycles. The van der Waals surface area contributed by atoms with E-state index in [0.29, 0.717) is 49.1 Å². The SMILES string of the molecule is CCS(=O)(=O)N1CCN(c2cnc(C)c(-c3cn(-c4ccc(N)cc4)nn3)n2)CC1.[HH].[HH]. The third-order valence-corrected chi connectivity index (χ3v) is 7.04. The maximum absolute atomic E-state index is 12.1. The second-order valence-electron chi connectivity index (χ2n) is 7.09. The van der Waals surface area contributed by atoms with Gasteiger partial charge in [0, 0.05) is 34.7 Å². The van der Waals surface area contributed by atoms with E-state index in [4.69, 9.17) is 10.7 Å². The summed E-state index contributed by atoms with van der Waals surface area (Å²) < 4.78 is 27.3. The van der Waals surface area contributed by atoms with Crippen molar-refractivity contribution in [1.82, 2.24) is 29.3 Å². The highest BCUT2D eigenvalue weighted by molar-refractivity contribution is 7.89. The van der Waals surface area contributed by atoms with Gasteiger partial charge in [-0.2, -0.15) is 4.31 Å². The van der Waals surface area contributed by atoms with Crippen LogP contribution in [0.3, 0.4) is 0 Å². The van der Waals surface area contributed by atoms with Gasteiger partial charge >= 0.3 is 0 Å². The molecule has 2 N–H and O–H groups in total. The molecule has 0 aliphatic carbocycles. The monoisotopic (exact) mass is 432 g/mol. The van der Waals surface area contributed by atoms with E-state index in [-0.39, 0.29) is 8.61 Å². The number of aryl methyl sites for hydroxylation is 1. The molecule has 10 nitrogen and oxygen atoms in total. The van der Waals surface area contributed by atoms with Crippen molar-refractivity contribution in [3.8, 4) is 17.1 Å². The van der Waals surface area contributed by atoms with Gasteiger partial charge < -0.3 is 10.6 Å². The van der Waals surface area contributed by atoms with Crippen molar-refractivity contribution in [3.05, 3.63) is 42.4 Å². The largest absolute Gasteiger partial charge is 0.399 e. The van der Waals surface area contributed by atoms with E-state index in [9.17, 15) is 8.42 Å². The van der Waals surface area contributed by atoms with Crippen LogP contribution in [0.2, 0.25) is 0 Å². The highest BCUT2D eigenvalue weighted by atomic mass is 32.2. The van der Waals surface area contributed by atoms with Gasteiger partial charge in [0.2, 0.25) is 10.0 Å². The van der Waals surface area contributed by atoms with Crippen molar-refractivity contribution in [1.29, 1.82) is 0 Å². The Kier molecular flexibility index (Phi) is 5.39. The summed E-state index contributed by atoms with van der Waals surface area (Å²) in [6.07, 6.45) is 3.52. The van der Waals surface area contributed by atoms with Crippen LogP contribution in [0.1, 0.15) is 15.5 Å². The Morgan fingerprint density at radius 2 is 1.83 bits per heavy atom. The highest BCUT2D eigenvalue weighted by Gasteiger charge is 2.26. The predicted octanol–water partition coefficient (Wildman–Crippen LogP) is 1.58. The number of hydrogen-bond donors (Lipinski definition) is 1. The number of rotatable bonds is 5. The zero-order valence-electron chi connectivity index (χ0n) is 16.9. The van der Waals surface area contributed by atoms with Gasteiger partial charge in [0.1, 0.15) is 17.2 Å². The average Bonchev–Trinajstić information content (AvgIpc) is 3.25. The lowest BCUT2D eigenvalue weighted by atomic mass is 10.2. The first kappa shape index (κ1) is 20.2. The lowest BCUT2D eigenvalue weighted by molar-refractivity contribution is 0.384. The smallest absolute Gasteiger partial charge is 0.213 e. The Hall–Kier alpha value is -3.05. The highest BCUT2D eigenvalue weighted by Crippen LogP contribution is 2.23. The number of sulfonamides is 1. The van der Waals surface area contributed by atoms with Crippen molar-refractivity contribution in [2.75, 3.05) is 42.6 Å². The summed E-state index contributed by atoms with van der Waals surface area (Å²) in [5, 5.41) is 8.45. The Morgan fingerprint density at radius 1 is 1.13 bits per heavy atom. The van der Waals surface area contributed by atoms with Crippen molar-refractivity contribution >= 4 is 21.5 Å². The minimum absolute atomic E-state index is 0. The van der Waals surface area contributed by atoms with Gasteiger partial charge in [-0.1, -0.05) is 5.21 Å². The summed E-state index contributed by atoms with van der Waals surface area (Å²) in [7, 11) is -3.17. The second-order valence-corrected chi connectivity index (χ2v) is 9.35. The van der Waals surface area contributed by atoms with Crippen LogP contribution in [0.5, 0.6) is 0 Å². The molecule has 0 saturated carbocycles. The zero-order chi connectivity index (χ0) is 21.3. The lowest BCUT2D eigenvalue weighted by Crippen LogP contribution is -2.49. The fourth-order valence-corrected chi connectivity index (χ4v) is 4.42. The third kappa shape index (κ3) is 3.98. The molecule has 1 aromatic carbocycles. The number of piperazine rings is 1.